The summed E-state index contributed by atoms with van der Waals surface area (Å²) in [5.41, 5.74) is 2.55. The Labute approximate surface area is 148 Å². The van der Waals surface area contributed by atoms with Crippen LogP contribution in [0.3, 0.4) is 0 Å². The van der Waals surface area contributed by atoms with Gasteiger partial charge in [-0.25, -0.2) is 9.87 Å². The van der Waals surface area contributed by atoms with Crippen LogP contribution in [0.1, 0.15) is 13.3 Å². The summed E-state index contributed by atoms with van der Waals surface area (Å²) in [5, 5.41) is 2.84. The Balaban J connectivity index is 2.40. The predicted molar refractivity (Wildman–Crippen MR) is 93.9 cm³/mol. The molecule has 1 aromatic carbocycles. The van der Waals surface area contributed by atoms with Crippen molar-refractivity contribution in [2.75, 3.05) is 25.6 Å². The number of likely N-dealkylation sites (N-methyl/N-ethyl adjacent to an activating group) is 1. The molecule has 0 heterocycles. The van der Waals surface area contributed by atoms with E-state index < -0.39 is 0 Å². The van der Waals surface area contributed by atoms with Gasteiger partial charge in [0.15, 0.2) is 0 Å². The van der Waals surface area contributed by atoms with E-state index in [-0.39, 0.29) is 30.7 Å². The number of benzene rings is 1. The summed E-state index contributed by atoms with van der Waals surface area (Å²) in [6.45, 7) is 2.27. The molecule has 1 aromatic rings. The molecule has 0 bridgehead atoms. The van der Waals surface area contributed by atoms with Crippen molar-refractivity contribution in [3.8, 4) is 0 Å². The molecule has 0 saturated heterocycles. The van der Waals surface area contributed by atoms with Gasteiger partial charge in [-0.15, -0.1) is 0 Å². The topological polar surface area (TPSA) is 70.7 Å². The first-order chi connectivity index (χ1) is 10.9. The average molecular weight is 435 g/mol. The number of nitrogens with one attached hydrogen (secondary N) is 2. The fraction of sp³-hybridized carbons (Fsp3) is 0.333. The van der Waals surface area contributed by atoms with Crippen LogP contribution >= 0.6 is 22.6 Å². The number of halogens is 2. The summed E-state index contributed by atoms with van der Waals surface area (Å²) in [7, 11) is 1.57. The van der Waals surface area contributed by atoms with Gasteiger partial charge in [0.2, 0.25) is 11.8 Å². The van der Waals surface area contributed by atoms with E-state index >= 15 is 0 Å². The van der Waals surface area contributed by atoms with Crippen molar-refractivity contribution >= 4 is 40.1 Å². The van der Waals surface area contributed by atoms with Crippen molar-refractivity contribution in [2.24, 2.45) is 0 Å². The molecule has 2 N–H and O–H groups in total. The number of amides is 2. The van der Waals surface area contributed by atoms with Gasteiger partial charge in [-0.3, -0.25) is 14.4 Å². The van der Waals surface area contributed by atoms with E-state index in [0.29, 0.717) is 12.3 Å². The number of hydrogen-bond donors (Lipinski definition) is 2. The normalized spacial score (nSPS) is 10.6. The fourth-order valence-electron chi connectivity index (χ4n) is 1.50. The average Bonchev–Trinajstić information content (AvgIpc) is 2.51. The van der Waals surface area contributed by atoms with Crippen molar-refractivity contribution in [3.63, 3.8) is 0 Å². The van der Waals surface area contributed by atoms with Crippen LogP contribution in [-0.4, -0.2) is 37.0 Å². The zero-order chi connectivity index (χ0) is 17.2. The highest BCUT2D eigenvalue weighted by molar-refractivity contribution is 14.1. The molecule has 0 aliphatic carbocycles. The molecule has 0 atom stereocenters. The first-order valence-corrected chi connectivity index (χ1v) is 8.03. The molecule has 0 saturated carbocycles. The monoisotopic (exact) mass is 435 g/mol. The van der Waals surface area contributed by atoms with Crippen LogP contribution in [-0.2, 0) is 14.4 Å². The van der Waals surface area contributed by atoms with Gasteiger partial charge >= 0.3 is 0 Å². The van der Waals surface area contributed by atoms with E-state index in [0.717, 1.165) is 3.57 Å². The SMILES string of the molecule is CCONC(=O)C/C=C\C(=O)N(C)CNc1ccc(I)cc1F. The van der Waals surface area contributed by atoms with Crippen molar-refractivity contribution in [3.05, 3.63) is 39.7 Å². The molecule has 8 heteroatoms. The minimum atomic E-state index is -0.374. The highest BCUT2D eigenvalue weighted by Gasteiger charge is 2.07. The maximum atomic E-state index is 13.7. The smallest absolute Gasteiger partial charge is 0.247 e. The third-order valence-electron chi connectivity index (χ3n) is 2.71. The summed E-state index contributed by atoms with van der Waals surface area (Å²) in [5.74, 6) is -1.01. The first kappa shape index (κ1) is 19.4. The number of carbonyl (C=O) groups is 2. The summed E-state index contributed by atoms with van der Waals surface area (Å²) >= 11 is 2.02. The number of hydroxylamine groups is 1. The Morgan fingerprint density at radius 2 is 2.17 bits per heavy atom. The molecule has 23 heavy (non-hydrogen) atoms. The largest absolute Gasteiger partial charge is 0.365 e. The molecule has 2 amide bonds. The minimum absolute atomic E-state index is 0.0404. The molecule has 0 aliphatic heterocycles. The van der Waals surface area contributed by atoms with Gasteiger partial charge in [-0.1, -0.05) is 6.08 Å². The lowest BCUT2D eigenvalue weighted by Crippen LogP contribution is -2.30. The molecule has 0 fully saturated rings. The maximum absolute atomic E-state index is 13.7. The van der Waals surface area contributed by atoms with E-state index in [4.69, 9.17) is 4.84 Å². The zero-order valence-electron chi connectivity index (χ0n) is 12.9. The van der Waals surface area contributed by atoms with Gasteiger partial charge < -0.3 is 10.2 Å². The molecule has 6 nitrogen and oxygen atoms in total. The Kier molecular flexibility index (Phi) is 8.56. The molecule has 0 aromatic heterocycles. The Hall–Kier alpha value is -1.68. The molecule has 0 aliphatic rings. The van der Waals surface area contributed by atoms with Gasteiger partial charge in [-0.05, 0) is 53.8 Å². The minimum Gasteiger partial charge on any atom is -0.365 e. The standard InChI is InChI=1S/C15H19FIN3O3/c1-3-23-19-14(21)5-4-6-15(22)20(2)10-18-13-8-7-11(17)9-12(13)16/h4,6-9,18H,3,5,10H2,1-2H3,(H,19,21)/b6-4-. The van der Waals surface area contributed by atoms with Crippen molar-refractivity contribution in [2.45, 2.75) is 13.3 Å². The van der Waals surface area contributed by atoms with Crippen LogP contribution in [0.4, 0.5) is 10.1 Å². The number of rotatable bonds is 8. The maximum Gasteiger partial charge on any atom is 0.247 e. The second-order valence-corrected chi connectivity index (χ2v) is 5.81. The van der Waals surface area contributed by atoms with Crippen LogP contribution in [0.5, 0.6) is 0 Å². The van der Waals surface area contributed by atoms with Crippen LogP contribution in [0.15, 0.2) is 30.4 Å². The van der Waals surface area contributed by atoms with Gasteiger partial charge in [0.05, 0.1) is 19.0 Å². The number of nitrogens with zero attached hydrogens (tertiary/aromatic N) is 1. The van der Waals surface area contributed by atoms with E-state index in [2.05, 4.69) is 10.8 Å². The molecular formula is C15H19FIN3O3. The lowest BCUT2D eigenvalue weighted by Gasteiger charge is -2.17. The van der Waals surface area contributed by atoms with Crippen LogP contribution in [0.2, 0.25) is 0 Å². The van der Waals surface area contributed by atoms with Crippen molar-refractivity contribution in [1.82, 2.24) is 10.4 Å². The van der Waals surface area contributed by atoms with E-state index in [1.54, 1.807) is 26.1 Å². The second kappa shape index (κ2) is 10.2. The fourth-order valence-corrected chi connectivity index (χ4v) is 1.96. The third kappa shape index (κ3) is 7.42. The van der Waals surface area contributed by atoms with Crippen LogP contribution in [0.25, 0.3) is 0 Å². The highest BCUT2D eigenvalue weighted by Crippen LogP contribution is 2.16. The summed E-state index contributed by atoms with van der Waals surface area (Å²) in [4.78, 5) is 29.2. The van der Waals surface area contributed by atoms with Gasteiger partial charge in [-0.2, -0.15) is 0 Å². The number of hydrogen-bond acceptors (Lipinski definition) is 4. The van der Waals surface area contributed by atoms with E-state index in [1.165, 1.54) is 23.1 Å². The lowest BCUT2D eigenvalue weighted by molar-refractivity contribution is -0.132. The molecule has 0 spiro atoms. The quantitative estimate of drug-likeness (QED) is 0.285. The van der Waals surface area contributed by atoms with Crippen molar-refractivity contribution < 1.29 is 18.8 Å². The van der Waals surface area contributed by atoms with Gasteiger partial charge in [0.25, 0.3) is 0 Å². The highest BCUT2D eigenvalue weighted by atomic mass is 127. The van der Waals surface area contributed by atoms with Crippen LogP contribution < -0.4 is 10.8 Å². The molecular weight excluding hydrogens is 416 g/mol. The van der Waals surface area contributed by atoms with Gasteiger partial charge in [0, 0.05) is 17.0 Å². The van der Waals surface area contributed by atoms with Crippen LogP contribution in [0, 0.1) is 9.39 Å². The Morgan fingerprint density at radius 3 is 2.83 bits per heavy atom. The first-order valence-electron chi connectivity index (χ1n) is 6.95. The number of anilines is 1. The number of carbonyl (C=O) groups excluding carboxylic acids is 2. The van der Waals surface area contributed by atoms with Gasteiger partial charge in [0.1, 0.15) is 5.82 Å². The molecule has 0 radical (unpaired) electrons. The predicted octanol–water partition coefficient (Wildman–Crippen LogP) is 2.27. The summed E-state index contributed by atoms with van der Waals surface area (Å²) in [6, 6.07) is 4.79. The lowest BCUT2D eigenvalue weighted by atomic mass is 10.3. The third-order valence-corrected chi connectivity index (χ3v) is 3.38. The van der Waals surface area contributed by atoms with Crippen molar-refractivity contribution in [1.29, 1.82) is 0 Å². The van der Waals surface area contributed by atoms with E-state index in [9.17, 15) is 14.0 Å². The second-order valence-electron chi connectivity index (χ2n) is 4.56. The summed E-state index contributed by atoms with van der Waals surface area (Å²) < 4.78 is 14.4. The van der Waals surface area contributed by atoms with E-state index in [1.807, 2.05) is 22.6 Å². The molecule has 126 valence electrons. The Morgan fingerprint density at radius 1 is 1.43 bits per heavy atom. The molecule has 0 unspecified atom stereocenters. The zero-order valence-corrected chi connectivity index (χ0v) is 15.1. The molecule has 1 rings (SSSR count). The summed E-state index contributed by atoms with van der Waals surface area (Å²) in [6.07, 6.45) is 2.77. The Bertz CT molecular complexity index is 581.